The molecule has 2 aromatic rings. The first kappa shape index (κ1) is 12.3. The van der Waals surface area contributed by atoms with Gasteiger partial charge in [-0.15, -0.1) is 0 Å². The maximum atomic E-state index is 5.52. The second kappa shape index (κ2) is 5.99. The Bertz CT molecular complexity index is 503. The van der Waals surface area contributed by atoms with Gasteiger partial charge >= 0.3 is 0 Å². The molecule has 0 radical (unpaired) electrons. The quantitative estimate of drug-likeness (QED) is 0.577. The van der Waals surface area contributed by atoms with Crippen molar-refractivity contribution in [3.63, 3.8) is 0 Å². The second-order valence-electron chi connectivity index (χ2n) is 3.71. The molecule has 0 nitrogen and oxygen atoms in total. The van der Waals surface area contributed by atoms with Crippen LogP contribution in [0.1, 0.15) is 18.1 Å². The van der Waals surface area contributed by atoms with Gasteiger partial charge in [-0.1, -0.05) is 73.4 Å². The molecule has 0 aromatic heterocycles. The minimum Gasteiger partial charge on any atom is -0.0777 e. The fraction of sp³-hybridized carbons (Fsp3) is 0.133. The smallest absolute Gasteiger partial charge is 0.0777 e. The molecule has 0 aliphatic heterocycles. The molecule has 0 N–H and O–H groups in total. The van der Waals surface area contributed by atoms with E-state index in [4.69, 9.17) is 12.2 Å². The topological polar surface area (TPSA) is 0 Å². The summed E-state index contributed by atoms with van der Waals surface area (Å²) in [5.41, 5.74) is 2.51. The monoisotopic (exact) mass is 258 g/mol. The minimum absolute atomic E-state index is 0.952. The van der Waals surface area contributed by atoms with Gasteiger partial charge < -0.3 is 0 Å². The molecule has 0 aliphatic carbocycles. The highest BCUT2D eigenvalue weighted by Gasteiger charge is 2.07. The van der Waals surface area contributed by atoms with Gasteiger partial charge in [-0.05, 0) is 24.1 Å². The third-order valence-corrected chi connectivity index (χ3v) is 3.96. The Hall–Kier alpha value is -1.12. The second-order valence-corrected chi connectivity index (χ2v) is 5.46. The van der Waals surface area contributed by atoms with Crippen LogP contribution in [0.2, 0.25) is 0 Å². The van der Waals surface area contributed by atoms with Gasteiger partial charge in [0.05, 0.1) is 4.20 Å². The highest BCUT2D eigenvalue weighted by molar-refractivity contribution is 8.23. The number of aryl methyl sites for hydroxylation is 1. The Kier molecular flexibility index (Phi) is 4.35. The zero-order chi connectivity index (χ0) is 12.1. The summed E-state index contributed by atoms with van der Waals surface area (Å²) < 4.78 is 0.952. The van der Waals surface area contributed by atoms with E-state index in [9.17, 15) is 0 Å². The molecule has 2 heteroatoms. The van der Waals surface area contributed by atoms with E-state index in [0.717, 1.165) is 10.6 Å². The SMILES string of the molecule is CCc1ccccc1C(=S)Sc1ccccc1. The normalized spacial score (nSPS) is 10.2. The van der Waals surface area contributed by atoms with Gasteiger partial charge in [0.1, 0.15) is 0 Å². The number of hydrogen-bond donors (Lipinski definition) is 0. The molecule has 0 saturated carbocycles. The van der Waals surface area contributed by atoms with Crippen molar-refractivity contribution in [3.05, 3.63) is 65.7 Å². The molecule has 0 bridgehead atoms. The molecule has 17 heavy (non-hydrogen) atoms. The van der Waals surface area contributed by atoms with E-state index in [1.165, 1.54) is 16.0 Å². The van der Waals surface area contributed by atoms with Crippen molar-refractivity contribution in [2.24, 2.45) is 0 Å². The maximum Gasteiger partial charge on any atom is 0.0828 e. The first-order chi connectivity index (χ1) is 8.31. The van der Waals surface area contributed by atoms with Crippen LogP contribution in [-0.4, -0.2) is 4.20 Å². The van der Waals surface area contributed by atoms with E-state index in [1.54, 1.807) is 11.8 Å². The Morgan fingerprint density at radius 1 is 1.00 bits per heavy atom. The van der Waals surface area contributed by atoms with Crippen LogP contribution in [0.5, 0.6) is 0 Å². The number of benzene rings is 2. The van der Waals surface area contributed by atoms with E-state index < -0.39 is 0 Å². The minimum atomic E-state index is 0.952. The van der Waals surface area contributed by atoms with Crippen molar-refractivity contribution in [1.29, 1.82) is 0 Å². The van der Waals surface area contributed by atoms with Crippen LogP contribution in [0, 0.1) is 0 Å². The maximum absolute atomic E-state index is 5.52. The van der Waals surface area contributed by atoms with Crippen LogP contribution in [0.4, 0.5) is 0 Å². The van der Waals surface area contributed by atoms with E-state index in [0.29, 0.717) is 0 Å². The first-order valence-electron chi connectivity index (χ1n) is 5.66. The van der Waals surface area contributed by atoms with Crippen LogP contribution in [-0.2, 0) is 6.42 Å². The summed E-state index contributed by atoms with van der Waals surface area (Å²) >= 11 is 7.18. The lowest BCUT2D eigenvalue weighted by Crippen LogP contribution is -1.97. The van der Waals surface area contributed by atoms with E-state index in [-0.39, 0.29) is 0 Å². The molecule has 0 amide bonds. The molecule has 0 saturated heterocycles. The number of thiocarbonyl (C=S) groups is 1. The van der Waals surface area contributed by atoms with Gasteiger partial charge in [0.2, 0.25) is 0 Å². The van der Waals surface area contributed by atoms with Gasteiger partial charge in [-0.3, -0.25) is 0 Å². The average Bonchev–Trinajstić information content (AvgIpc) is 2.40. The van der Waals surface area contributed by atoms with Crippen molar-refractivity contribution in [3.8, 4) is 0 Å². The summed E-state index contributed by atoms with van der Waals surface area (Å²) in [6, 6.07) is 18.6. The zero-order valence-electron chi connectivity index (χ0n) is 9.72. The summed E-state index contributed by atoms with van der Waals surface area (Å²) in [4.78, 5) is 1.20. The summed E-state index contributed by atoms with van der Waals surface area (Å²) in [7, 11) is 0. The van der Waals surface area contributed by atoms with Crippen LogP contribution in [0.3, 0.4) is 0 Å². The fourth-order valence-electron chi connectivity index (χ4n) is 1.68. The summed E-state index contributed by atoms with van der Waals surface area (Å²) in [5, 5.41) is 0. The zero-order valence-corrected chi connectivity index (χ0v) is 11.4. The lowest BCUT2D eigenvalue weighted by Gasteiger charge is -2.08. The molecule has 0 fully saturated rings. The third-order valence-electron chi connectivity index (χ3n) is 2.57. The van der Waals surface area contributed by atoms with Gasteiger partial charge in [0, 0.05) is 10.5 Å². The molecule has 0 atom stereocenters. The third kappa shape index (κ3) is 3.18. The standard InChI is InChI=1S/C15H14S2/c1-2-12-8-6-7-11-14(12)15(16)17-13-9-4-3-5-10-13/h3-11H,2H2,1H3. The number of rotatable bonds is 3. The highest BCUT2D eigenvalue weighted by Crippen LogP contribution is 2.25. The Morgan fingerprint density at radius 3 is 2.35 bits per heavy atom. The lowest BCUT2D eigenvalue weighted by molar-refractivity contribution is 1.14. The van der Waals surface area contributed by atoms with Crippen LogP contribution in [0.15, 0.2) is 59.5 Å². The lowest BCUT2D eigenvalue weighted by atomic mass is 10.1. The average molecular weight is 258 g/mol. The predicted molar refractivity (Wildman–Crippen MR) is 79.8 cm³/mol. The summed E-state index contributed by atoms with van der Waals surface area (Å²) in [5.74, 6) is 0. The molecule has 86 valence electrons. The van der Waals surface area contributed by atoms with Gasteiger partial charge in [-0.25, -0.2) is 0 Å². The molecule has 2 aromatic carbocycles. The molecule has 0 heterocycles. The van der Waals surface area contributed by atoms with Crippen LogP contribution < -0.4 is 0 Å². The van der Waals surface area contributed by atoms with E-state index >= 15 is 0 Å². The highest BCUT2D eigenvalue weighted by atomic mass is 32.2. The summed E-state index contributed by atoms with van der Waals surface area (Å²) in [6.07, 6.45) is 1.02. The van der Waals surface area contributed by atoms with Crippen molar-refractivity contribution < 1.29 is 0 Å². The molecule has 0 aliphatic rings. The number of thioether (sulfide) groups is 1. The van der Waals surface area contributed by atoms with Crippen molar-refractivity contribution in [2.75, 3.05) is 0 Å². The van der Waals surface area contributed by atoms with Gasteiger partial charge in [-0.2, -0.15) is 0 Å². The van der Waals surface area contributed by atoms with E-state index in [2.05, 4.69) is 37.3 Å². The van der Waals surface area contributed by atoms with Gasteiger partial charge in [0.15, 0.2) is 0 Å². The largest absolute Gasteiger partial charge is 0.0828 e. The predicted octanol–water partition coefficient (Wildman–Crippen LogP) is 4.72. The van der Waals surface area contributed by atoms with Crippen molar-refractivity contribution in [1.82, 2.24) is 0 Å². The first-order valence-corrected chi connectivity index (χ1v) is 6.89. The van der Waals surface area contributed by atoms with Crippen LogP contribution in [0.25, 0.3) is 0 Å². The summed E-state index contributed by atoms with van der Waals surface area (Å²) in [6.45, 7) is 2.16. The van der Waals surface area contributed by atoms with Gasteiger partial charge in [0.25, 0.3) is 0 Å². The Morgan fingerprint density at radius 2 is 1.65 bits per heavy atom. The fourth-order valence-corrected chi connectivity index (χ4v) is 2.98. The molecule has 0 unspecified atom stereocenters. The Labute approximate surface area is 112 Å². The molecule has 2 rings (SSSR count). The van der Waals surface area contributed by atoms with E-state index in [1.807, 2.05) is 24.3 Å². The Balaban J connectivity index is 2.20. The number of hydrogen-bond acceptors (Lipinski definition) is 2. The van der Waals surface area contributed by atoms with Crippen molar-refractivity contribution >= 4 is 28.2 Å². The molecule has 0 spiro atoms. The molecular weight excluding hydrogens is 244 g/mol. The molecular formula is C15H14S2. The van der Waals surface area contributed by atoms with Crippen LogP contribution >= 0.6 is 24.0 Å². The van der Waals surface area contributed by atoms with Crippen molar-refractivity contribution in [2.45, 2.75) is 18.2 Å².